The highest BCUT2D eigenvalue weighted by molar-refractivity contribution is 5.97. The van der Waals surface area contributed by atoms with E-state index >= 15 is 0 Å². The minimum absolute atomic E-state index is 0.109. The fraction of sp³-hybridized carbons (Fsp3) is 0.423. The molecule has 4 rings (SSSR count). The molecule has 2 aromatic carbocycles. The third-order valence-corrected chi connectivity index (χ3v) is 6.12. The van der Waals surface area contributed by atoms with E-state index in [1.165, 1.54) is 12.0 Å². The first-order valence-corrected chi connectivity index (χ1v) is 11.1. The van der Waals surface area contributed by atoms with Gasteiger partial charge in [0.25, 0.3) is 5.91 Å². The van der Waals surface area contributed by atoms with Gasteiger partial charge < -0.3 is 9.64 Å². The lowest BCUT2D eigenvalue weighted by Crippen LogP contribution is -2.38. The van der Waals surface area contributed by atoms with Crippen LogP contribution in [-0.2, 0) is 6.54 Å². The number of ether oxygens (including phenoxy) is 1. The second-order valence-electron chi connectivity index (χ2n) is 8.28. The normalized spacial score (nSPS) is 18.0. The van der Waals surface area contributed by atoms with E-state index in [4.69, 9.17) is 11.2 Å². The van der Waals surface area contributed by atoms with E-state index in [-0.39, 0.29) is 12.0 Å². The molecule has 2 aliphatic rings. The Morgan fingerprint density at radius 2 is 1.67 bits per heavy atom. The quantitative estimate of drug-likeness (QED) is 0.698. The van der Waals surface area contributed by atoms with Crippen LogP contribution in [0.5, 0.6) is 5.75 Å². The van der Waals surface area contributed by atoms with Crippen LogP contribution in [0.2, 0.25) is 0 Å². The molecule has 0 aromatic heterocycles. The van der Waals surface area contributed by atoms with E-state index in [0.717, 1.165) is 69.7 Å². The number of rotatable bonds is 5. The summed E-state index contributed by atoms with van der Waals surface area (Å²) >= 11 is 0. The molecule has 4 nitrogen and oxygen atoms in total. The van der Waals surface area contributed by atoms with Gasteiger partial charge in [-0.15, -0.1) is 6.42 Å². The Bertz CT molecular complexity index is 886. The smallest absolute Gasteiger partial charge is 0.257 e. The Hall–Kier alpha value is -2.77. The molecule has 0 bridgehead atoms. The Morgan fingerprint density at radius 1 is 0.967 bits per heavy atom. The minimum atomic E-state index is 0.109. The number of terminal acetylenes is 1. The fourth-order valence-corrected chi connectivity index (χ4v) is 4.34. The van der Waals surface area contributed by atoms with Gasteiger partial charge in [0.1, 0.15) is 11.9 Å². The molecule has 0 atom stereocenters. The summed E-state index contributed by atoms with van der Waals surface area (Å²) in [5.41, 5.74) is 2.91. The number of carbonyl (C=O) groups excluding carboxylic acids is 1. The van der Waals surface area contributed by atoms with E-state index in [2.05, 4.69) is 23.0 Å². The van der Waals surface area contributed by atoms with Crippen molar-refractivity contribution in [2.24, 2.45) is 0 Å². The molecule has 156 valence electrons. The van der Waals surface area contributed by atoms with Crippen LogP contribution in [0.1, 0.15) is 53.6 Å². The summed E-state index contributed by atoms with van der Waals surface area (Å²) in [7, 11) is 0. The summed E-state index contributed by atoms with van der Waals surface area (Å²) in [6.07, 6.45) is 10.9. The Kier molecular flexibility index (Phi) is 6.71. The van der Waals surface area contributed by atoms with Crippen molar-refractivity contribution in [3.05, 3.63) is 65.2 Å². The second kappa shape index (κ2) is 9.82. The molecule has 1 amide bonds. The zero-order valence-electron chi connectivity index (χ0n) is 17.6. The molecule has 0 N–H and O–H groups in total. The molecule has 30 heavy (non-hydrogen) atoms. The summed E-state index contributed by atoms with van der Waals surface area (Å²) in [5, 5.41) is 0. The summed E-state index contributed by atoms with van der Waals surface area (Å²) in [4.78, 5) is 17.4. The first-order valence-electron chi connectivity index (χ1n) is 11.1. The molecular weight excluding hydrogens is 372 g/mol. The predicted molar refractivity (Wildman–Crippen MR) is 120 cm³/mol. The van der Waals surface area contributed by atoms with E-state index in [1.54, 1.807) is 0 Å². The zero-order valence-corrected chi connectivity index (χ0v) is 17.6. The molecule has 0 spiro atoms. The lowest BCUT2D eigenvalue weighted by molar-refractivity contribution is 0.0702. The molecule has 2 aliphatic heterocycles. The Morgan fingerprint density at radius 3 is 2.37 bits per heavy atom. The van der Waals surface area contributed by atoms with Crippen molar-refractivity contribution in [3.8, 4) is 18.1 Å². The van der Waals surface area contributed by atoms with Crippen molar-refractivity contribution in [1.82, 2.24) is 9.80 Å². The van der Waals surface area contributed by atoms with Crippen LogP contribution >= 0.6 is 0 Å². The summed E-state index contributed by atoms with van der Waals surface area (Å²) < 4.78 is 6.33. The average molecular weight is 403 g/mol. The van der Waals surface area contributed by atoms with Gasteiger partial charge in [-0.25, -0.2) is 0 Å². The number of carbonyl (C=O) groups is 1. The van der Waals surface area contributed by atoms with Crippen LogP contribution in [0.15, 0.2) is 48.5 Å². The number of likely N-dealkylation sites (tertiary alicyclic amines) is 2. The number of hydrogen-bond acceptors (Lipinski definition) is 3. The molecule has 0 unspecified atom stereocenters. The highest BCUT2D eigenvalue weighted by Gasteiger charge is 2.25. The fourth-order valence-electron chi connectivity index (χ4n) is 4.34. The molecule has 2 aromatic rings. The number of benzene rings is 2. The van der Waals surface area contributed by atoms with E-state index in [0.29, 0.717) is 5.56 Å². The number of para-hydroxylation sites is 1. The lowest BCUT2D eigenvalue weighted by atomic mass is 10.1. The molecule has 0 radical (unpaired) electrons. The molecular formula is C26H30N2O2. The maximum Gasteiger partial charge on any atom is 0.257 e. The van der Waals surface area contributed by atoms with Gasteiger partial charge in [-0.05, 0) is 61.9 Å². The maximum atomic E-state index is 13.0. The average Bonchev–Trinajstić information content (AvgIpc) is 2.81. The standard InChI is InChI=1S/C26H30N2O2/c1-2-21-10-12-22(13-11-21)20-27-18-14-23(15-19-27)30-25-9-5-4-8-24(25)26(29)28-16-6-3-7-17-28/h1,4-5,8-13,23H,3,6-7,14-20H2. The van der Waals surface area contributed by atoms with Gasteiger partial charge in [-0.3, -0.25) is 9.69 Å². The van der Waals surface area contributed by atoms with Gasteiger partial charge in [0.15, 0.2) is 0 Å². The summed E-state index contributed by atoms with van der Waals surface area (Å²) in [5.74, 6) is 3.51. The maximum absolute atomic E-state index is 13.0. The topological polar surface area (TPSA) is 32.8 Å². The number of nitrogens with zero attached hydrogens (tertiary/aromatic N) is 2. The molecule has 0 saturated carbocycles. The first kappa shape index (κ1) is 20.5. The molecule has 0 aliphatic carbocycles. The molecule has 2 saturated heterocycles. The van der Waals surface area contributed by atoms with Gasteiger partial charge in [0.2, 0.25) is 0 Å². The van der Waals surface area contributed by atoms with Crippen LogP contribution in [-0.4, -0.2) is 48.0 Å². The third kappa shape index (κ3) is 5.04. The van der Waals surface area contributed by atoms with Crippen molar-refractivity contribution in [1.29, 1.82) is 0 Å². The van der Waals surface area contributed by atoms with Crippen molar-refractivity contribution in [3.63, 3.8) is 0 Å². The minimum Gasteiger partial charge on any atom is -0.489 e. The van der Waals surface area contributed by atoms with Crippen LogP contribution in [0.25, 0.3) is 0 Å². The largest absolute Gasteiger partial charge is 0.489 e. The monoisotopic (exact) mass is 402 g/mol. The van der Waals surface area contributed by atoms with Gasteiger partial charge in [-0.1, -0.05) is 30.2 Å². The van der Waals surface area contributed by atoms with Crippen molar-refractivity contribution >= 4 is 5.91 Å². The highest BCUT2D eigenvalue weighted by Crippen LogP contribution is 2.26. The Labute approximate surface area is 179 Å². The summed E-state index contributed by atoms with van der Waals surface area (Å²) in [6.45, 7) is 4.62. The highest BCUT2D eigenvalue weighted by atomic mass is 16.5. The number of amides is 1. The predicted octanol–water partition coefficient (Wildman–Crippen LogP) is 4.34. The molecule has 2 heterocycles. The van der Waals surface area contributed by atoms with Crippen molar-refractivity contribution in [2.45, 2.75) is 44.8 Å². The van der Waals surface area contributed by atoms with Crippen LogP contribution in [0, 0.1) is 12.3 Å². The summed E-state index contributed by atoms with van der Waals surface area (Å²) in [6, 6.07) is 16.0. The van der Waals surface area contributed by atoms with Crippen LogP contribution < -0.4 is 4.74 Å². The van der Waals surface area contributed by atoms with Crippen molar-refractivity contribution < 1.29 is 9.53 Å². The van der Waals surface area contributed by atoms with Crippen LogP contribution in [0.4, 0.5) is 0 Å². The first-order chi connectivity index (χ1) is 14.7. The third-order valence-electron chi connectivity index (χ3n) is 6.12. The second-order valence-corrected chi connectivity index (χ2v) is 8.28. The Balaban J connectivity index is 1.33. The number of hydrogen-bond donors (Lipinski definition) is 0. The molecule has 2 fully saturated rings. The van der Waals surface area contributed by atoms with Crippen molar-refractivity contribution in [2.75, 3.05) is 26.2 Å². The van der Waals surface area contributed by atoms with Gasteiger partial charge in [0.05, 0.1) is 5.56 Å². The van der Waals surface area contributed by atoms with E-state index in [9.17, 15) is 4.79 Å². The molecule has 4 heteroatoms. The zero-order chi connectivity index (χ0) is 20.8. The van der Waals surface area contributed by atoms with Gasteiger partial charge in [-0.2, -0.15) is 0 Å². The van der Waals surface area contributed by atoms with Gasteiger partial charge >= 0.3 is 0 Å². The lowest BCUT2D eigenvalue weighted by Gasteiger charge is -2.33. The van der Waals surface area contributed by atoms with E-state index in [1.807, 2.05) is 41.3 Å². The van der Waals surface area contributed by atoms with E-state index < -0.39 is 0 Å². The van der Waals surface area contributed by atoms with Gasteiger partial charge in [0, 0.05) is 38.3 Å². The number of piperidine rings is 2. The SMILES string of the molecule is C#Cc1ccc(CN2CCC(Oc3ccccc3C(=O)N3CCCCC3)CC2)cc1. The van der Waals surface area contributed by atoms with Crippen LogP contribution in [0.3, 0.4) is 0 Å².